The van der Waals surface area contributed by atoms with Crippen LogP contribution in [0, 0.1) is 0 Å². The lowest BCUT2D eigenvalue weighted by Gasteiger charge is -2.05. The van der Waals surface area contributed by atoms with Crippen LogP contribution in [0.2, 0.25) is 0 Å². The van der Waals surface area contributed by atoms with E-state index in [1.54, 1.807) is 0 Å². The van der Waals surface area contributed by atoms with Gasteiger partial charge in [0.15, 0.2) is 0 Å². The van der Waals surface area contributed by atoms with E-state index in [4.69, 9.17) is 5.11 Å². The first kappa shape index (κ1) is 11.1. The van der Waals surface area contributed by atoms with E-state index in [-0.39, 0.29) is 5.71 Å². The van der Waals surface area contributed by atoms with Crippen molar-refractivity contribution in [2.45, 2.75) is 6.92 Å². The van der Waals surface area contributed by atoms with Crippen LogP contribution in [-0.2, 0) is 4.79 Å². The van der Waals surface area contributed by atoms with Crippen molar-refractivity contribution < 1.29 is 9.90 Å². The molecule has 2 aromatic carbocycles. The minimum atomic E-state index is -1.03. The molecule has 0 saturated heterocycles. The number of aliphatic carboxylic acids is 1. The summed E-state index contributed by atoms with van der Waals surface area (Å²) in [5, 5.41) is 14.6. The number of nitrogens with one attached hydrogen (secondary N) is 1. The van der Waals surface area contributed by atoms with Gasteiger partial charge in [-0.2, -0.15) is 5.10 Å². The van der Waals surface area contributed by atoms with Crippen LogP contribution in [0.4, 0.5) is 5.69 Å². The maximum Gasteiger partial charge on any atom is 0.351 e. The molecule has 0 radical (unpaired) electrons. The summed E-state index contributed by atoms with van der Waals surface area (Å²) in [5.74, 6) is -1.03. The Labute approximate surface area is 98.6 Å². The molecule has 0 spiro atoms. The third kappa shape index (κ3) is 2.42. The van der Waals surface area contributed by atoms with Crippen molar-refractivity contribution in [3.8, 4) is 0 Å². The molecule has 0 aromatic heterocycles. The fraction of sp³-hybridized carbons (Fsp3) is 0.0769. The zero-order chi connectivity index (χ0) is 12.3. The lowest BCUT2D eigenvalue weighted by Crippen LogP contribution is -2.10. The summed E-state index contributed by atoms with van der Waals surface area (Å²) >= 11 is 0. The lowest BCUT2D eigenvalue weighted by molar-refractivity contribution is -0.129. The first-order chi connectivity index (χ1) is 8.18. The number of carbonyl (C=O) groups is 1. The van der Waals surface area contributed by atoms with Crippen LogP contribution < -0.4 is 5.43 Å². The van der Waals surface area contributed by atoms with Crippen molar-refractivity contribution in [3.63, 3.8) is 0 Å². The summed E-state index contributed by atoms with van der Waals surface area (Å²) in [4.78, 5) is 10.6. The Hall–Kier alpha value is -2.36. The Kier molecular flexibility index (Phi) is 3.05. The first-order valence-electron chi connectivity index (χ1n) is 5.20. The molecule has 0 aliphatic rings. The van der Waals surface area contributed by atoms with Gasteiger partial charge in [0.2, 0.25) is 0 Å². The number of hydrazone groups is 1. The number of fused-ring (bicyclic) bond motifs is 1. The predicted molar refractivity (Wildman–Crippen MR) is 68.3 cm³/mol. The van der Waals surface area contributed by atoms with Gasteiger partial charge in [-0.3, -0.25) is 5.43 Å². The molecule has 0 atom stereocenters. The van der Waals surface area contributed by atoms with Crippen molar-refractivity contribution in [1.29, 1.82) is 0 Å². The molecular formula is C13H12N2O2. The van der Waals surface area contributed by atoms with Gasteiger partial charge in [-0.15, -0.1) is 0 Å². The van der Waals surface area contributed by atoms with Crippen LogP contribution in [0.1, 0.15) is 6.92 Å². The summed E-state index contributed by atoms with van der Waals surface area (Å²) < 4.78 is 0. The maximum atomic E-state index is 10.6. The number of rotatable bonds is 3. The monoisotopic (exact) mass is 228 g/mol. The van der Waals surface area contributed by atoms with Crippen LogP contribution in [-0.4, -0.2) is 16.8 Å². The average molecular weight is 228 g/mol. The molecule has 0 bridgehead atoms. The number of carboxylic acids is 1. The normalized spacial score (nSPS) is 11.5. The van der Waals surface area contributed by atoms with Crippen molar-refractivity contribution in [2.75, 3.05) is 5.43 Å². The molecule has 4 nitrogen and oxygen atoms in total. The number of anilines is 1. The minimum absolute atomic E-state index is 0.0259. The fourth-order valence-corrected chi connectivity index (χ4v) is 1.51. The summed E-state index contributed by atoms with van der Waals surface area (Å²) in [6.45, 7) is 1.44. The molecule has 4 heteroatoms. The number of benzene rings is 2. The van der Waals surface area contributed by atoms with Gasteiger partial charge >= 0.3 is 5.97 Å². The van der Waals surface area contributed by atoms with Crippen LogP contribution in [0.15, 0.2) is 47.6 Å². The Morgan fingerprint density at radius 2 is 1.88 bits per heavy atom. The standard InChI is InChI=1S/C13H12N2O2/c1-9(13(16)17)14-15-12-8-4-6-10-5-2-3-7-11(10)12/h2-8,15H,1H3,(H,16,17)/b14-9+. The van der Waals surface area contributed by atoms with Crippen LogP contribution in [0.5, 0.6) is 0 Å². The molecule has 0 heterocycles. The Morgan fingerprint density at radius 3 is 2.65 bits per heavy atom. The van der Waals surface area contributed by atoms with E-state index in [9.17, 15) is 4.79 Å². The zero-order valence-electron chi connectivity index (χ0n) is 9.34. The highest BCUT2D eigenvalue weighted by Gasteiger charge is 2.02. The quantitative estimate of drug-likeness (QED) is 0.627. The Bertz CT molecular complexity index is 585. The van der Waals surface area contributed by atoms with Gasteiger partial charge in [-0.25, -0.2) is 4.79 Å². The maximum absolute atomic E-state index is 10.6. The SMILES string of the molecule is C/C(=N\Nc1cccc2ccccc12)C(=O)O. The molecule has 0 amide bonds. The second-order valence-corrected chi connectivity index (χ2v) is 3.64. The molecule has 0 aliphatic carbocycles. The summed E-state index contributed by atoms with van der Waals surface area (Å²) in [6.07, 6.45) is 0. The van der Waals surface area contributed by atoms with Gasteiger partial charge in [-0.05, 0) is 18.4 Å². The van der Waals surface area contributed by atoms with Crippen LogP contribution >= 0.6 is 0 Å². The molecule has 0 fully saturated rings. The van der Waals surface area contributed by atoms with Gasteiger partial charge in [0.25, 0.3) is 0 Å². The molecule has 2 rings (SSSR count). The van der Waals surface area contributed by atoms with Gasteiger partial charge in [-0.1, -0.05) is 36.4 Å². The number of nitrogens with zero attached hydrogens (tertiary/aromatic N) is 1. The largest absolute Gasteiger partial charge is 0.477 e. The second kappa shape index (κ2) is 4.65. The van der Waals surface area contributed by atoms with Crippen molar-refractivity contribution in [1.82, 2.24) is 0 Å². The number of hydrogen-bond donors (Lipinski definition) is 2. The predicted octanol–water partition coefficient (Wildman–Crippen LogP) is 2.71. The minimum Gasteiger partial charge on any atom is -0.477 e. The van der Waals surface area contributed by atoms with E-state index < -0.39 is 5.97 Å². The zero-order valence-corrected chi connectivity index (χ0v) is 9.34. The molecule has 0 aliphatic heterocycles. The Morgan fingerprint density at radius 1 is 1.18 bits per heavy atom. The average Bonchev–Trinajstić information content (AvgIpc) is 2.35. The van der Waals surface area contributed by atoms with Crippen molar-refractivity contribution in [3.05, 3.63) is 42.5 Å². The molecule has 0 saturated carbocycles. The molecule has 0 unspecified atom stereocenters. The Balaban J connectivity index is 2.37. The molecule has 86 valence electrons. The summed E-state index contributed by atoms with van der Waals surface area (Å²) in [6, 6.07) is 13.6. The van der Waals surface area contributed by atoms with E-state index in [2.05, 4.69) is 10.5 Å². The van der Waals surface area contributed by atoms with Gasteiger partial charge in [0.05, 0.1) is 5.69 Å². The summed E-state index contributed by atoms with van der Waals surface area (Å²) in [7, 11) is 0. The highest BCUT2D eigenvalue weighted by Crippen LogP contribution is 2.22. The van der Waals surface area contributed by atoms with E-state index in [0.717, 1.165) is 16.5 Å². The van der Waals surface area contributed by atoms with Gasteiger partial charge in [0.1, 0.15) is 5.71 Å². The molecule has 17 heavy (non-hydrogen) atoms. The molecular weight excluding hydrogens is 216 g/mol. The molecule has 2 N–H and O–H groups in total. The summed E-state index contributed by atoms with van der Waals surface area (Å²) in [5.41, 5.74) is 3.60. The first-order valence-corrected chi connectivity index (χ1v) is 5.20. The van der Waals surface area contributed by atoms with E-state index in [1.807, 2.05) is 42.5 Å². The third-order valence-corrected chi connectivity index (χ3v) is 2.44. The number of hydrogen-bond acceptors (Lipinski definition) is 3. The number of carboxylic acid groups (broad SMARTS) is 1. The fourth-order valence-electron chi connectivity index (χ4n) is 1.51. The topological polar surface area (TPSA) is 61.7 Å². The highest BCUT2D eigenvalue weighted by atomic mass is 16.4. The van der Waals surface area contributed by atoms with Gasteiger partial charge < -0.3 is 5.11 Å². The van der Waals surface area contributed by atoms with Gasteiger partial charge in [0, 0.05) is 5.39 Å². The van der Waals surface area contributed by atoms with E-state index in [0.29, 0.717) is 0 Å². The highest BCUT2D eigenvalue weighted by molar-refractivity contribution is 6.34. The van der Waals surface area contributed by atoms with E-state index in [1.165, 1.54) is 6.92 Å². The smallest absolute Gasteiger partial charge is 0.351 e. The van der Waals surface area contributed by atoms with E-state index >= 15 is 0 Å². The van der Waals surface area contributed by atoms with Crippen molar-refractivity contribution in [2.24, 2.45) is 5.10 Å². The second-order valence-electron chi connectivity index (χ2n) is 3.64. The van der Waals surface area contributed by atoms with Crippen molar-refractivity contribution >= 4 is 28.1 Å². The molecule has 2 aromatic rings. The van der Waals surface area contributed by atoms with Crippen LogP contribution in [0.3, 0.4) is 0 Å². The lowest BCUT2D eigenvalue weighted by atomic mass is 10.1. The van der Waals surface area contributed by atoms with Crippen LogP contribution in [0.25, 0.3) is 10.8 Å². The third-order valence-electron chi connectivity index (χ3n) is 2.44.